The lowest BCUT2D eigenvalue weighted by Gasteiger charge is -2.21. The minimum Gasteiger partial charge on any atom is -0.481 e. The van der Waals surface area contributed by atoms with E-state index in [2.05, 4.69) is 15.4 Å². The molecule has 0 spiro atoms. The second kappa shape index (κ2) is 4.92. The Morgan fingerprint density at radius 1 is 1.30 bits per heavy atom. The van der Waals surface area contributed by atoms with E-state index >= 15 is 0 Å². The summed E-state index contributed by atoms with van der Waals surface area (Å²) in [6, 6.07) is 5.28. The Morgan fingerprint density at radius 2 is 2.05 bits per heavy atom. The van der Waals surface area contributed by atoms with Crippen LogP contribution in [0.3, 0.4) is 0 Å². The second-order valence-corrected chi connectivity index (χ2v) is 4.90. The van der Waals surface area contributed by atoms with Crippen molar-refractivity contribution in [3.63, 3.8) is 0 Å². The minimum atomic E-state index is -0.893. The molecule has 1 aliphatic rings. The van der Waals surface area contributed by atoms with Crippen LogP contribution in [0.5, 0.6) is 0 Å². The Labute approximate surface area is 114 Å². The van der Waals surface area contributed by atoms with Crippen molar-refractivity contribution in [2.45, 2.75) is 25.3 Å². The van der Waals surface area contributed by atoms with Crippen molar-refractivity contribution in [3.05, 3.63) is 23.8 Å². The number of H-pyrrole nitrogens is 1. The van der Waals surface area contributed by atoms with Gasteiger partial charge in [0.2, 0.25) is 0 Å². The Morgan fingerprint density at radius 3 is 2.75 bits per heavy atom. The predicted molar refractivity (Wildman–Crippen MR) is 70.2 cm³/mol. The lowest BCUT2D eigenvalue weighted by molar-refractivity contribution is -0.137. The largest absolute Gasteiger partial charge is 0.481 e. The van der Waals surface area contributed by atoms with E-state index in [9.17, 15) is 9.59 Å². The monoisotopic (exact) mass is 274 g/mol. The number of amides is 1. The van der Waals surface area contributed by atoms with Crippen LogP contribution in [-0.4, -0.2) is 49.9 Å². The first-order chi connectivity index (χ1) is 9.65. The molecule has 0 bridgehead atoms. The average Bonchev–Trinajstić information content (AvgIpc) is 3.15. The summed E-state index contributed by atoms with van der Waals surface area (Å²) in [5, 5.41) is 19.2. The van der Waals surface area contributed by atoms with Gasteiger partial charge in [-0.2, -0.15) is 15.4 Å². The summed E-state index contributed by atoms with van der Waals surface area (Å²) in [6.07, 6.45) is 1.85. The highest BCUT2D eigenvalue weighted by Gasteiger charge is 2.33. The maximum absolute atomic E-state index is 12.5. The normalized spacial score (nSPS) is 14.4. The van der Waals surface area contributed by atoms with Crippen molar-refractivity contribution in [3.8, 4) is 0 Å². The van der Waals surface area contributed by atoms with E-state index < -0.39 is 5.97 Å². The van der Waals surface area contributed by atoms with Crippen LogP contribution in [0.25, 0.3) is 11.0 Å². The average molecular weight is 274 g/mol. The highest BCUT2D eigenvalue weighted by atomic mass is 16.4. The van der Waals surface area contributed by atoms with Crippen molar-refractivity contribution in [2.24, 2.45) is 0 Å². The molecule has 20 heavy (non-hydrogen) atoms. The molecule has 2 aromatic rings. The summed E-state index contributed by atoms with van der Waals surface area (Å²) in [4.78, 5) is 24.8. The van der Waals surface area contributed by atoms with Crippen LogP contribution in [0.4, 0.5) is 0 Å². The Balaban J connectivity index is 1.82. The smallest absolute Gasteiger partial charge is 0.305 e. The van der Waals surface area contributed by atoms with Gasteiger partial charge in [0.1, 0.15) is 11.0 Å². The third kappa shape index (κ3) is 2.47. The Hall–Kier alpha value is -2.44. The maximum Gasteiger partial charge on any atom is 0.305 e. The van der Waals surface area contributed by atoms with Crippen LogP contribution in [0.1, 0.15) is 29.6 Å². The van der Waals surface area contributed by atoms with E-state index in [-0.39, 0.29) is 24.9 Å². The van der Waals surface area contributed by atoms with Crippen molar-refractivity contribution < 1.29 is 14.7 Å². The van der Waals surface area contributed by atoms with Gasteiger partial charge in [-0.1, -0.05) is 0 Å². The molecule has 3 rings (SSSR count). The number of carbonyl (C=O) groups excluding carboxylic acids is 1. The van der Waals surface area contributed by atoms with Gasteiger partial charge < -0.3 is 10.0 Å². The molecule has 0 atom stereocenters. The third-order valence-electron chi connectivity index (χ3n) is 3.38. The number of aromatic nitrogens is 3. The van der Waals surface area contributed by atoms with Gasteiger partial charge in [-0.3, -0.25) is 9.59 Å². The van der Waals surface area contributed by atoms with E-state index in [0.29, 0.717) is 16.6 Å². The molecule has 0 unspecified atom stereocenters. The number of carboxylic acid groups (broad SMARTS) is 1. The van der Waals surface area contributed by atoms with Gasteiger partial charge in [-0.05, 0) is 31.0 Å². The number of hydrogen-bond acceptors (Lipinski definition) is 4. The summed E-state index contributed by atoms with van der Waals surface area (Å²) >= 11 is 0. The lowest BCUT2D eigenvalue weighted by Crippen LogP contribution is -2.35. The summed E-state index contributed by atoms with van der Waals surface area (Å²) in [6.45, 7) is 0.246. The van der Waals surface area contributed by atoms with Gasteiger partial charge in [0.05, 0.1) is 6.42 Å². The SMILES string of the molecule is O=C(O)CCN(C(=O)c1ccc2n[nH]nc2c1)C1CC1. The number of aromatic amines is 1. The van der Waals surface area contributed by atoms with E-state index in [1.165, 1.54) is 0 Å². The highest BCUT2D eigenvalue weighted by Crippen LogP contribution is 2.28. The number of benzene rings is 1. The van der Waals surface area contributed by atoms with Crippen molar-refractivity contribution >= 4 is 22.9 Å². The first kappa shape index (κ1) is 12.6. The molecule has 1 amide bonds. The van der Waals surface area contributed by atoms with Crippen molar-refractivity contribution in [1.29, 1.82) is 0 Å². The van der Waals surface area contributed by atoms with Crippen LogP contribution in [0.15, 0.2) is 18.2 Å². The number of aliphatic carboxylic acids is 1. The number of rotatable bonds is 5. The quantitative estimate of drug-likeness (QED) is 0.848. The summed E-state index contributed by atoms with van der Waals surface area (Å²) in [7, 11) is 0. The zero-order chi connectivity index (χ0) is 14.1. The molecule has 2 N–H and O–H groups in total. The maximum atomic E-state index is 12.5. The Bertz CT molecular complexity index is 662. The van der Waals surface area contributed by atoms with Gasteiger partial charge >= 0.3 is 5.97 Å². The number of nitrogens with zero attached hydrogens (tertiary/aromatic N) is 3. The molecule has 1 fully saturated rings. The molecule has 1 aliphatic carbocycles. The first-order valence-corrected chi connectivity index (χ1v) is 6.48. The van der Waals surface area contributed by atoms with Gasteiger partial charge in [-0.15, -0.1) is 0 Å². The molecular weight excluding hydrogens is 260 g/mol. The Kier molecular flexibility index (Phi) is 3.09. The first-order valence-electron chi connectivity index (χ1n) is 6.48. The lowest BCUT2D eigenvalue weighted by atomic mass is 10.1. The van der Waals surface area contributed by atoms with Crippen LogP contribution in [0.2, 0.25) is 0 Å². The van der Waals surface area contributed by atoms with Crippen LogP contribution in [-0.2, 0) is 4.79 Å². The van der Waals surface area contributed by atoms with E-state index in [1.807, 2.05) is 0 Å². The van der Waals surface area contributed by atoms with Crippen LogP contribution < -0.4 is 0 Å². The molecule has 0 radical (unpaired) electrons. The third-order valence-corrected chi connectivity index (χ3v) is 3.38. The minimum absolute atomic E-state index is 0.0333. The van der Waals surface area contributed by atoms with Crippen molar-refractivity contribution in [2.75, 3.05) is 6.54 Å². The van der Waals surface area contributed by atoms with Gasteiger partial charge in [0.15, 0.2) is 0 Å². The fourth-order valence-corrected chi connectivity index (χ4v) is 2.19. The number of nitrogens with one attached hydrogen (secondary N) is 1. The van der Waals surface area contributed by atoms with Gasteiger partial charge in [0.25, 0.3) is 5.91 Å². The molecule has 104 valence electrons. The molecule has 0 aliphatic heterocycles. The fourth-order valence-electron chi connectivity index (χ4n) is 2.19. The molecule has 1 heterocycles. The van der Waals surface area contributed by atoms with Crippen LogP contribution >= 0.6 is 0 Å². The van der Waals surface area contributed by atoms with Gasteiger partial charge in [-0.25, -0.2) is 0 Å². The van der Waals surface area contributed by atoms with Crippen LogP contribution in [0, 0.1) is 0 Å². The van der Waals surface area contributed by atoms with Gasteiger partial charge in [0, 0.05) is 18.2 Å². The molecule has 0 saturated heterocycles. The fraction of sp³-hybridized carbons (Fsp3) is 0.385. The highest BCUT2D eigenvalue weighted by molar-refractivity contribution is 5.97. The standard InChI is InChI=1S/C13H14N4O3/c18-12(19)5-6-17(9-2-3-9)13(20)8-1-4-10-11(7-8)15-16-14-10/h1,4,7,9H,2-3,5-6H2,(H,18,19)(H,14,15,16). The van der Waals surface area contributed by atoms with E-state index in [1.54, 1.807) is 23.1 Å². The molecule has 1 aromatic carbocycles. The van der Waals surface area contributed by atoms with E-state index in [0.717, 1.165) is 12.8 Å². The summed E-state index contributed by atoms with van der Waals surface area (Å²) in [5.74, 6) is -1.03. The number of carboxylic acids is 1. The number of hydrogen-bond donors (Lipinski definition) is 2. The molecule has 7 nitrogen and oxygen atoms in total. The second-order valence-electron chi connectivity index (χ2n) is 4.90. The topological polar surface area (TPSA) is 99.2 Å². The predicted octanol–water partition coefficient (Wildman–Crippen LogP) is 1.04. The zero-order valence-corrected chi connectivity index (χ0v) is 10.7. The molecule has 7 heteroatoms. The molecule has 1 aromatic heterocycles. The molecule has 1 saturated carbocycles. The summed E-state index contributed by atoms with van der Waals surface area (Å²) in [5.41, 5.74) is 1.85. The van der Waals surface area contributed by atoms with Crippen molar-refractivity contribution in [1.82, 2.24) is 20.3 Å². The number of carbonyl (C=O) groups is 2. The number of fused-ring (bicyclic) bond motifs is 1. The zero-order valence-electron chi connectivity index (χ0n) is 10.7. The summed E-state index contributed by atoms with van der Waals surface area (Å²) < 4.78 is 0. The molecular formula is C13H14N4O3. The van der Waals surface area contributed by atoms with E-state index in [4.69, 9.17) is 5.11 Å².